The molecule has 1 aromatic carbocycles. The lowest BCUT2D eigenvalue weighted by Gasteiger charge is -2.26. The summed E-state index contributed by atoms with van der Waals surface area (Å²) in [7, 11) is 0. The molecule has 0 spiro atoms. The van der Waals surface area contributed by atoms with Crippen molar-refractivity contribution >= 4 is 61.4 Å². The highest BCUT2D eigenvalue weighted by atomic mass is 35.5. The van der Waals surface area contributed by atoms with Crippen LogP contribution in [-0.4, -0.2) is 86.2 Å². The zero-order valence-electron chi connectivity index (χ0n) is 30.9. The molecule has 10 nitrogen and oxygen atoms in total. The second-order valence-corrected chi connectivity index (χ2v) is 12.4. The quantitative estimate of drug-likeness (QED) is 0.0630. The fraction of sp³-hybridized carbons (Fsp3) is 0.778. The van der Waals surface area contributed by atoms with E-state index in [1.165, 1.54) is 38.5 Å². The second kappa shape index (κ2) is 37.5. The van der Waals surface area contributed by atoms with Crippen LogP contribution in [0.4, 0.5) is 0 Å². The summed E-state index contributed by atoms with van der Waals surface area (Å²) in [4.78, 5) is 29.9. The zero-order chi connectivity index (χ0) is 33.8. The van der Waals surface area contributed by atoms with Gasteiger partial charge in [-0.3, -0.25) is 9.59 Å². The zero-order valence-corrected chi connectivity index (χ0v) is 34.2. The van der Waals surface area contributed by atoms with Crippen LogP contribution in [0.3, 0.4) is 0 Å². The number of nitrogens with zero attached hydrogens (tertiary/aromatic N) is 2. The largest absolute Gasteiger partial charge is 0.492 e. The summed E-state index contributed by atoms with van der Waals surface area (Å²) in [6, 6.07) is 6.48. The molecule has 8 N–H and O–H groups in total. The molecule has 2 amide bonds. The molecule has 1 rings (SSSR count). The van der Waals surface area contributed by atoms with Gasteiger partial charge in [0.05, 0.1) is 25.2 Å². The van der Waals surface area contributed by atoms with E-state index in [4.69, 9.17) is 32.4 Å². The molecule has 2 atom stereocenters. The van der Waals surface area contributed by atoms with E-state index >= 15 is 0 Å². The second-order valence-electron chi connectivity index (χ2n) is 12.4. The first kappa shape index (κ1) is 55.5. The number of hydrogen-bond donors (Lipinski definition) is 4. The SMILES string of the molecule is CCCCCCCN(CCOc1ccc(OCCN(CCCCCCC)C(=O)[C@@H](N)CCCCN)cc1)C(=O)[C@@H](N)CCCCN.Cl.Cl.Cl.Cl. The maximum atomic E-state index is 13.1. The van der Waals surface area contributed by atoms with Crippen molar-refractivity contribution in [3.05, 3.63) is 24.3 Å². The van der Waals surface area contributed by atoms with Crippen LogP contribution in [0, 0.1) is 0 Å². The first-order valence-electron chi connectivity index (χ1n) is 18.2. The number of carbonyl (C=O) groups excluding carboxylic acids is 2. The average Bonchev–Trinajstić information content (AvgIpc) is 3.06. The smallest absolute Gasteiger partial charge is 0.239 e. The molecule has 0 aliphatic carbocycles. The maximum Gasteiger partial charge on any atom is 0.239 e. The topological polar surface area (TPSA) is 163 Å². The van der Waals surface area contributed by atoms with Crippen LogP contribution in [-0.2, 0) is 9.59 Å². The molecule has 1 aromatic rings. The fourth-order valence-electron chi connectivity index (χ4n) is 5.39. The fourth-order valence-corrected chi connectivity index (χ4v) is 5.39. The van der Waals surface area contributed by atoms with Gasteiger partial charge in [-0.05, 0) is 75.9 Å². The Labute approximate surface area is 328 Å². The number of hydrogen-bond acceptors (Lipinski definition) is 8. The Hall–Kier alpha value is -1.24. The van der Waals surface area contributed by atoms with Crippen LogP contribution in [0.5, 0.6) is 11.5 Å². The molecule has 50 heavy (non-hydrogen) atoms. The van der Waals surface area contributed by atoms with Gasteiger partial charge < -0.3 is 42.2 Å². The van der Waals surface area contributed by atoms with Crippen molar-refractivity contribution in [1.82, 2.24) is 9.80 Å². The highest BCUT2D eigenvalue weighted by Gasteiger charge is 2.21. The number of nitrogens with two attached hydrogens (primary N) is 4. The van der Waals surface area contributed by atoms with Crippen molar-refractivity contribution in [1.29, 1.82) is 0 Å². The summed E-state index contributed by atoms with van der Waals surface area (Å²) < 4.78 is 12.0. The average molecular weight is 795 g/mol. The first-order valence-corrected chi connectivity index (χ1v) is 18.2. The number of carbonyl (C=O) groups is 2. The minimum Gasteiger partial charge on any atom is -0.492 e. The van der Waals surface area contributed by atoms with Gasteiger partial charge in [0.25, 0.3) is 0 Å². The van der Waals surface area contributed by atoms with E-state index < -0.39 is 12.1 Å². The normalized spacial score (nSPS) is 11.5. The summed E-state index contributed by atoms with van der Waals surface area (Å²) in [5, 5.41) is 0. The molecule has 14 heteroatoms. The van der Waals surface area contributed by atoms with Gasteiger partial charge in [0.15, 0.2) is 0 Å². The third-order valence-electron chi connectivity index (χ3n) is 8.34. The van der Waals surface area contributed by atoms with Gasteiger partial charge in [-0.1, -0.05) is 78.1 Å². The Morgan fingerprint density at radius 3 is 1.20 bits per heavy atom. The molecule has 0 saturated carbocycles. The molecule has 0 fully saturated rings. The summed E-state index contributed by atoms with van der Waals surface area (Å²) >= 11 is 0. The molecule has 298 valence electrons. The van der Waals surface area contributed by atoms with E-state index in [1.807, 2.05) is 34.1 Å². The minimum absolute atomic E-state index is 0. The van der Waals surface area contributed by atoms with Crippen LogP contribution < -0.4 is 32.4 Å². The molecule has 0 aliphatic rings. The minimum atomic E-state index is -0.502. The van der Waals surface area contributed by atoms with E-state index in [-0.39, 0.29) is 61.4 Å². The van der Waals surface area contributed by atoms with Crippen molar-refractivity contribution < 1.29 is 19.1 Å². The Bertz CT molecular complexity index is 837. The molecule has 0 bridgehead atoms. The molecule has 0 radical (unpaired) electrons. The van der Waals surface area contributed by atoms with E-state index in [2.05, 4.69) is 13.8 Å². The van der Waals surface area contributed by atoms with E-state index in [9.17, 15) is 9.59 Å². The van der Waals surface area contributed by atoms with Gasteiger partial charge in [0.1, 0.15) is 24.7 Å². The lowest BCUT2D eigenvalue weighted by Crippen LogP contribution is -2.45. The van der Waals surface area contributed by atoms with Gasteiger partial charge in [-0.15, -0.1) is 49.6 Å². The van der Waals surface area contributed by atoms with E-state index in [1.54, 1.807) is 0 Å². The van der Waals surface area contributed by atoms with Crippen LogP contribution in [0.1, 0.15) is 117 Å². The molecular weight excluding hydrogens is 722 g/mol. The monoisotopic (exact) mass is 792 g/mol. The Morgan fingerprint density at radius 1 is 0.540 bits per heavy atom. The number of amides is 2. The summed E-state index contributed by atoms with van der Waals surface area (Å²) in [6.07, 6.45) is 16.1. The van der Waals surface area contributed by atoms with Crippen molar-refractivity contribution in [2.24, 2.45) is 22.9 Å². The number of ether oxygens (including phenoxy) is 2. The number of benzene rings is 1. The van der Waals surface area contributed by atoms with E-state index in [0.29, 0.717) is 76.8 Å². The van der Waals surface area contributed by atoms with Crippen LogP contribution in [0.2, 0.25) is 0 Å². The molecule has 0 aromatic heterocycles. The lowest BCUT2D eigenvalue weighted by molar-refractivity contribution is -0.134. The molecular formula is C36H72Cl4N6O4. The van der Waals surface area contributed by atoms with Crippen molar-refractivity contribution in [3.8, 4) is 11.5 Å². The number of halogens is 4. The van der Waals surface area contributed by atoms with Crippen molar-refractivity contribution in [2.75, 3.05) is 52.5 Å². The van der Waals surface area contributed by atoms with Gasteiger partial charge >= 0.3 is 0 Å². The van der Waals surface area contributed by atoms with Crippen molar-refractivity contribution in [3.63, 3.8) is 0 Å². The van der Waals surface area contributed by atoms with Crippen molar-refractivity contribution in [2.45, 2.75) is 129 Å². The summed E-state index contributed by atoms with van der Waals surface area (Å²) in [5.41, 5.74) is 23.7. The van der Waals surface area contributed by atoms with Gasteiger partial charge in [0, 0.05) is 13.1 Å². The predicted molar refractivity (Wildman–Crippen MR) is 219 cm³/mol. The number of rotatable bonds is 30. The molecule has 0 heterocycles. The van der Waals surface area contributed by atoms with E-state index in [0.717, 1.165) is 51.4 Å². The lowest BCUT2D eigenvalue weighted by atomic mass is 10.1. The highest BCUT2D eigenvalue weighted by Crippen LogP contribution is 2.18. The predicted octanol–water partition coefficient (Wildman–Crippen LogP) is 6.64. The Kier molecular flexibility index (Phi) is 41.7. The Morgan fingerprint density at radius 2 is 0.880 bits per heavy atom. The molecule has 0 unspecified atom stereocenters. The molecule has 0 aliphatic heterocycles. The third-order valence-corrected chi connectivity index (χ3v) is 8.34. The Balaban J connectivity index is -0.00000264. The summed E-state index contributed by atoms with van der Waals surface area (Å²) in [5.74, 6) is 1.40. The maximum absolute atomic E-state index is 13.1. The van der Waals surface area contributed by atoms with Crippen LogP contribution in [0.25, 0.3) is 0 Å². The highest BCUT2D eigenvalue weighted by molar-refractivity contribution is 5.86. The standard InChI is InChI=1S/C36H68N6O4.4ClH/c1-3-5-7-9-15-25-41(35(43)33(39)17-11-13-23-37)27-29-45-31-19-21-32(22-20-31)46-30-28-42(26-16-10-8-6-4-2)36(44)34(40)18-12-14-24-38;;;;/h19-22,33-34H,3-18,23-30,37-40H2,1-2H3;4*1H/t33-,34-;;;;/m0..../s1. The van der Waals surface area contributed by atoms with Gasteiger partial charge in [-0.25, -0.2) is 0 Å². The van der Waals surface area contributed by atoms with Gasteiger partial charge in [0.2, 0.25) is 11.8 Å². The first-order chi connectivity index (χ1) is 22.4. The van der Waals surface area contributed by atoms with Crippen LogP contribution in [0.15, 0.2) is 24.3 Å². The van der Waals surface area contributed by atoms with Gasteiger partial charge in [-0.2, -0.15) is 0 Å². The third kappa shape index (κ3) is 26.5. The number of unbranched alkanes of at least 4 members (excludes halogenated alkanes) is 10. The molecule has 0 saturated heterocycles. The van der Waals surface area contributed by atoms with Crippen LogP contribution >= 0.6 is 49.6 Å². The summed E-state index contributed by atoms with van der Waals surface area (Å²) in [6.45, 7) is 8.77.